The summed E-state index contributed by atoms with van der Waals surface area (Å²) >= 11 is 6.16. The minimum Gasteiger partial charge on any atom is -0.299 e. The Morgan fingerprint density at radius 3 is 1.80 bits per heavy atom. The summed E-state index contributed by atoms with van der Waals surface area (Å²) in [4.78, 5) is 12.3. The zero-order valence-corrected chi connectivity index (χ0v) is 12.9. The molecule has 0 aromatic heterocycles. The van der Waals surface area contributed by atoms with Gasteiger partial charge in [-0.1, -0.05) is 72.5 Å². The summed E-state index contributed by atoms with van der Waals surface area (Å²) in [7, 11) is 0. The van der Waals surface area contributed by atoms with E-state index in [9.17, 15) is 4.79 Å². The van der Waals surface area contributed by atoms with Gasteiger partial charge >= 0.3 is 0 Å². The van der Waals surface area contributed by atoms with E-state index in [0.717, 1.165) is 12.8 Å². The van der Waals surface area contributed by atoms with Gasteiger partial charge in [-0.3, -0.25) is 4.79 Å². The normalized spacial score (nSPS) is 19.2. The van der Waals surface area contributed by atoms with E-state index in [1.54, 1.807) is 0 Å². The maximum atomic E-state index is 12.3. The Labute approximate surface area is 125 Å². The first kappa shape index (κ1) is 13.7. The third-order valence-electron chi connectivity index (χ3n) is 3.99. The average Bonchev–Trinajstić information content (AvgIpc) is 2.95. The Morgan fingerprint density at radius 1 is 0.900 bits per heavy atom. The lowest BCUT2D eigenvalue weighted by Gasteiger charge is -2.28. The molecule has 1 nitrogen and oxygen atoms in total. The highest BCUT2D eigenvalue weighted by molar-refractivity contribution is 8.22. The lowest BCUT2D eigenvalue weighted by atomic mass is 10.3. The average molecular weight is 300 g/mol. The maximum absolute atomic E-state index is 12.3. The van der Waals surface area contributed by atoms with E-state index in [1.807, 2.05) is 36.4 Å². The number of hydrogen-bond donors (Lipinski definition) is 0. The number of carbonyl (C=O) groups excluding carboxylic acids is 1. The number of carbonyl (C=O) groups is 1. The minimum absolute atomic E-state index is 0.0299. The van der Waals surface area contributed by atoms with Crippen LogP contribution >= 0.6 is 6.04 Å². The Hall–Kier alpha value is -1.24. The number of rotatable bonds is 3. The highest BCUT2D eigenvalue weighted by atomic mass is 32.4. The second-order valence-corrected chi connectivity index (χ2v) is 9.90. The van der Waals surface area contributed by atoms with E-state index < -0.39 is 6.04 Å². The van der Waals surface area contributed by atoms with Crippen LogP contribution in [0, 0.1) is 0 Å². The largest absolute Gasteiger partial charge is 0.299 e. The molecular formula is C17H17OPS. The molecule has 2 aromatic carbocycles. The molecule has 0 radical (unpaired) electrons. The van der Waals surface area contributed by atoms with Gasteiger partial charge in [-0.25, -0.2) is 0 Å². The van der Waals surface area contributed by atoms with Crippen molar-refractivity contribution in [3.05, 3.63) is 60.7 Å². The molecule has 20 heavy (non-hydrogen) atoms. The van der Waals surface area contributed by atoms with Gasteiger partial charge in [0.2, 0.25) is 0 Å². The van der Waals surface area contributed by atoms with Crippen LogP contribution in [0.5, 0.6) is 0 Å². The molecule has 1 atom stereocenters. The summed E-state index contributed by atoms with van der Waals surface area (Å²) in [6, 6.07) is 18.5. The summed E-state index contributed by atoms with van der Waals surface area (Å²) in [6.07, 6.45) is 2.63. The van der Waals surface area contributed by atoms with Crippen molar-refractivity contribution in [2.75, 3.05) is 0 Å². The van der Waals surface area contributed by atoms with Gasteiger partial charge in [-0.15, -0.1) is 0 Å². The molecule has 0 N–H and O–H groups in total. The van der Waals surface area contributed by atoms with Crippen molar-refractivity contribution in [1.29, 1.82) is 0 Å². The van der Waals surface area contributed by atoms with Crippen molar-refractivity contribution < 1.29 is 4.79 Å². The lowest BCUT2D eigenvalue weighted by molar-refractivity contribution is -0.117. The molecule has 0 amide bonds. The molecule has 102 valence electrons. The molecule has 1 aliphatic carbocycles. The second kappa shape index (κ2) is 5.63. The molecule has 2 aromatic rings. The Bertz CT molecular complexity index is 608. The van der Waals surface area contributed by atoms with Gasteiger partial charge in [0.15, 0.2) is 0 Å². The van der Waals surface area contributed by atoms with E-state index in [1.165, 1.54) is 10.6 Å². The van der Waals surface area contributed by atoms with Crippen LogP contribution in [0.15, 0.2) is 60.7 Å². The van der Waals surface area contributed by atoms with Crippen LogP contribution in [0.1, 0.15) is 19.3 Å². The van der Waals surface area contributed by atoms with Gasteiger partial charge in [0.1, 0.15) is 5.78 Å². The fourth-order valence-electron chi connectivity index (χ4n) is 2.99. The third-order valence-corrected chi connectivity index (χ3v) is 9.57. The fourth-order valence-corrected chi connectivity index (χ4v) is 7.72. The monoisotopic (exact) mass is 300 g/mol. The van der Waals surface area contributed by atoms with Gasteiger partial charge in [-0.05, 0) is 23.5 Å². The molecule has 3 heteroatoms. The molecule has 0 bridgehead atoms. The van der Waals surface area contributed by atoms with Crippen LogP contribution in [-0.4, -0.2) is 11.4 Å². The van der Waals surface area contributed by atoms with Crippen molar-refractivity contribution in [2.45, 2.75) is 24.9 Å². The third kappa shape index (κ3) is 2.28. The van der Waals surface area contributed by atoms with E-state index in [4.69, 9.17) is 11.8 Å². The van der Waals surface area contributed by atoms with Crippen molar-refractivity contribution >= 4 is 34.2 Å². The molecule has 1 aliphatic rings. The molecule has 0 heterocycles. The number of ketones is 1. The summed E-state index contributed by atoms with van der Waals surface area (Å²) < 4.78 is 0. The first-order valence-corrected chi connectivity index (χ1v) is 9.84. The zero-order chi connectivity index (χ0) is 14.0. The Morgan fingerprint density at radius 2 is 1.40 bits per heavy atom. The van der Waals surface area contributed by atoms with Crippen molar-refractivity contribution in [3.63, 3.8) is 0 Å². The van der Waals surface area contributed by atoms with E-state index in [0.29, 0.717) is 12.2 Å². The van der Waals surface area contributed by atoms with Crippen molar-refractivity contribution in [1.82, 2.24) is 0 Å². The summed E-state index contributed by atoms with van der Waals surface area (Å²) in [5.74, 6) is 0.362. The lowest BCUT2D eigenvalue weighted by Crippen LogP contribution is -2.28. The van der Waals surface area contributed by atoms with Gasteiger partial charge in [0.25, 0.3) is 0 Å². The summed E-state index contributed by atoms with van der Waals surface area (Å²) in [6.45, 7) is 0. The van der Waals surface area contributed by atoms with Crippen molar-refractivity contribution in [3.8, 4) is 0 Å². The van der Waals surface area contributed by atoms with Gasteiger partial charge in [-0.2, -0.15) is 0 Å². The van der Waals surface area contributed by atoms with Crippen LogP contribution < -0.4 is 10.6 Å². The molecule has 0 saturated heterocycles. The van der Waals surface area contributed by atoms with Crippen LogP contribution in [0.4, 0.5) is 0 Å². The number of hydrogen-bond acceptors (Lipinski definition) is 2. The highest BCUT2D eigenvalue weighted by Gasteiger charge is 2.39. The molecule has 1 fully saturated rings. The van der Waals surface area contributed by atoms with Crippen molar-refractivity contribution in [2.24, 2.45) is 0 Å². The quantitative estimate of drug-likeness (QED) is 0.810. The maximum Gasteiger partial charge on any atom is 0.141 e. The van der Waals surface area contributed by atoms with Gasteiger partial charge in [0, 0.05) is 12.5 Å². The molecule has 1 saturated carbocycles. The standard InChI is InChI=1S/C17H17OPS/c18-16-12-7-13-17(16)19(20,14-8-3-1-4-9-14)15-10-5-2-6-11-15/h1-6,8-11,17H,7,12-13H2. The number of Topliss-reactive ketones (excluding diaryl/α,β-unsaturated/α-hetero) is 1. The zero-order valence-electron chi connectivity index (χ0n) is 11.2. The minimum atomic E-state index is -2.04. The molecule has 1 unspecified atom stereocenters. The van der Waals surface area contributed by atoms with Crippen LogP contribution in [0.25, 0.3) is 0 Å². The topological polar surface area (TPSA) is 17.1 Å². The predicted octanol–water partition coefficient (Wildman–Crippen LogP) is 3.24. The second-order valence-electron chi connectivity index (χ2n) is 5.20. The van der Waals surface area contributed by atoms with E-state index in [-0.39, 0.29) is 5.66 Å². The van der Waals surface area contributed by atoms with E-state index in [2.05, 4.69) is 24.3 Å². The SMILES string of the molecule is O=C1CCCC1P(=S)(c1ccccc1)c1ccccc1. The molecule has 0 spiro atoms. The summed E-state index contributed by atoms with van der Waals surface area (Å²) in [5.41, 5.74) is 0.0299. The fraction of sp³-hybridized carbons (Fsp3) is 0.235. The van der Waals surface area contributed by atoms with Crippen LogP contribution in [-0.2, 0) is 16.6 Å². The summed E-state index contributed by atoms with van der Waals surface area (Å²) in [5, 5.41) is 2.34. The molecule has 0 aliphatic heterocycles. The number of benzene rings is 2. The Kier molecular flexibility index (Phi) is 3.87. The smallest absolute Gasteiger partial charge is 0.141 e. The highest BCUT2D eigenvalue weighted by Crippen LogP contribution is 2.53. The first-order chi connectivity index (χ1) is 9.73. The first-order valence-electron chi connectivity index (χ1n) is 6.96. The van der Waals surface area contributed by atoms with Gasteiger partial charge in [0.05, 0.1) is 5.66 Å². The predicted molar refractivity (Wildman–Crippen MR) is 89.1 cm³/mol. The Balaban J connectivity index is 2.18. The molecule has 3 rings (SSSR count). The van der Waals surface area contributed by atoms with E-state index >= 15 is 0 Å². The van der Waals surface area contributed by atoms with Gasteiger partial charge < -0.3 is 0 Å². The van der Waals surface area contributed by atoms with Crippen LogP contribution in [0.3, 0.4) is 0 Å². The van der Waals surface area contributed by atoms with Crippen LogP contribution in [0.2, 0.25) is 0 Å². The molecular weight excluding hydrogens is 283 g/mol.